The molecule has 5 nitrogen and oxygen atoms in total. The van der Waals surface area contributed by atoms with Crippen molar-refractivity contribution in [3.63, 3.8) is 0 Å². The van der Waals surface area contributed by atoms with Crippen LogP contribution in [-0.4, -0.2) is 37.4 Å². The van der Waals surface area contributed by atoms with E-state index in [4.69, 9.17) is 14.6 Å². The second kappa shape index (κ2) is 10.3. The van der Waals surface area contributed by atoms with Gasteiger partial charge in [0, 0.05) is 6.54 Å². The Morgan fingerprint density at radius 2 is 1.62 bits per heavy atom. The summed E-state index contributed by atoms with van der Waals surface area (Å²) in [6, 6.07) is 17.6. The van der Waals surface area contributed by atoms with Crippen molar-refractivity contribution < 1.29 is 19.4 Å². The van der Waals surface area contributed by atoms with Crippen LogP contribution in [0.4, 0.5) is 0 Å². The largest absolute Gasteiger partial charge is 0.490 e. The zero-order valence-electron chi connectivity index (χ0n) is 13.6. The van der Waals surface area contributed by atoms with Gasteiger partial charge in [0.1, 0.15) is 24.7 Å². The molecular weight excluding hydrogens is 306 g/mol. The van der Waals surface area contributed by atoms with Crippen molar-refractivity contribution in [2.45, 2.75) is 12.8 Å². The molecule has 0 heterocycles. The summed E-state index contributed by atoms with van der Waals surface area (Å²) < 4.78 is 11.3. The van der Waals surface area contributed by atoms with Crippen molar-refractivity contribution >= 4 is 5.97 Å². The number of hydrogen-bond donors (Lipinski definition) is 2. The number of nitrogens with one attached hydrogen (secondary N) is 1. The van der Waals surface area contributed by atoms with Crippen molar-refractivity contribution in [2.75, 3.05) is 26.3 Å². The minimum Gasteiger partial charge on any atom is -0.490 e. The highest BCUT2D eigenvalue weighted by atomic mass is 16.5. The summed E-state index contributed by atoms with van der Waals surface area (Å²) in [5.41, 5.74) is 1.15. The number of hydrogen-bond acceptors (Lipinski definition) is 4. The molecule has 0 fully saturated rings. The van der Waals surface area contributed by atoms with E-state index in [-0.39, 0.29) is 6.42 Å². The predicted molar refractivity (Wildman–Crippen MR) is 92.7 cm³/mol. The van der Waals surface area contributed by atoms with Crippen LogP contribution in [0.5, 0.6) is 11.5 Å². The lowest BCUT2D eigenvalue weighted by Crippen LogP contribution is -2.20. The highest BCUT2D eigenvalue weighted by Crippen LogP contribution is 2.14. The third-order valence-electron chi connectivity index (χ3n) is 3.37. The lowest BCUT2D eigenvalue weighted by molar-refractivity contribution is -0.136. The maximum atomic E-state index is 10.4. The van der Waals surface area contributed by atoms with E-state index in [0.717, 1.165) is 30.0 Å². The second-order valence-corrected chi connectivity index (χ2v) is 5.30. The van der Waals surface area contributed by atoms with Gasteiger partial charge >= 0.3 is 5.97 Å². The zero-order valence-corrected chi connectivity index (χ0v) is 13.6. The van der Waals surface area contributed by atoms with Crippen LogP contribution in [0.2, 0.25) is 0 Å². The monoisotopic (exact) mass is 329 g/mol. The molecule has 0 saturated carbocycles. The Kier molecular flexibility index (Phi) is 7.63. The van der Waals surface area contributed by atoms with E-state index < -0.39 is 5.97 Å². The fourth-order valence-corrected chi connectivity index (χ4v) is 2.18. The van der Waals surface area contributed by atoms with Gasteiger partial charge in [-0.05, 0) is 42.8 Å². The first-order valence-electron chi connectivity index (χ1n) is 8.06. The molecule has 0 aliphatic heterocycles. The van der Waals surface area contributed by atoms with E-state index in [0.29, 0.717) is 19.8 Å². The molecular formula is C19H23NO4. The van der Waals surface area contributed by atoms with Crippen LogP contribution in [-0.2, 0) is 11.2 Å². The fraction of sp³-hybridized carbons (Fsp3) is 0.316. The maximum Gasteiger partial charge on any atom is 0.304 e. The Morgan fingerprint density at radius 3 is 2.38 bits per heavy atom. The molecule has 128 valence electrons. The topological polar surface area (TPSA) is 67.8 Å². The summed E-state index contributed by atoms with van der Waals surface area (Å²) in [6.07, 6.45) is 0.974. The number of benzene rings is 2. The molecule has 2 N–H and O–H groups in total. The summed E-state index contributed by atoms with van der Waals surface area (Å²) in [4.78, 5) is 10.4. The smallest absolute Gasteiger partial charge is 0.304 e. The molecule has 0 aliphatic rings. The van der Waals surface area contributed by atoms with Gasteiger partial charge in [-0.15, -0.1) is 0 Å². The van der Waals surface area contributed by atoms with Gasteiger partial charge in [0.15, 0.2) is 0 Å². The number of carbonyl (C=O) groups is 1. The SMILES string of the molecule is O=C(O)CCNCCc1cccc(OCCOc2ccccc2)c1. The van der Waals surface area contributed by atoms with Gasteiger partial charge in [-0.25, -0.2) is 0 Å². The molecule has 5 heteroatoms. The fourth-order valence-electron chi connectivity index (χ4n) is 2.18. The minimum atomic E-state index is -0.782. The number of ether oxygens (including phenoxy) is 2. The Bertz CT molecular complexity index is 616. The van der Waals surface area contributed by atoms with Gasteiger partial charge in [0.25, 0.3) is 0 Å². The molecule has 0 spiro atoms. The Hall–Kier alpha value is -2.53. The molecule has 24 heavy (non-hydrogen) atoms. The normalized spacial score (nSPS) is 10.3. The minimum absolute atomic E-state index is 0.143. The number of aliphatic carboxylic acids is 1. The van der Waals surface area contributed by atoms with Crippen LogP contribution in [0.1, 0.15) is 12.0 Å². The first kappa shape index (κ1) is 17.8. The van der Waals surface area contributed by atoms with Crippen molar-refractivity contribution in [2.24, 2.45) is 0 Å². The third kappa shape index (κ3) is 7.15. The number of carboxylic acids is 1. The zero-order chi connectivity index (χ0) is 17.0. The van der Waals surface area contributed by atoms with Crippen molar-refractivity contribution in [1.82, 2.24) is 5.32 Å². The molecule has 2 aromatic carbocycles. The highest BCUT2D eigenvalue weighted by molar-refractivity contribution is 5.66. The van der Waals surface area contributed by atoms with Crippen molar-refractivity contribution in [3.8, 4) is 11.5 Å². The summed E-state index contributed by atoms with van der Waals surface area (Å²) in [5.74, 6) is 0.868. The summed E-state index contributed by atoms with van der Waals surface area (Å²) in [5, 5.41) is 11.7. The molecule has 2 aromatic rings. The Morgan fingerprint density at radius 1 is 0.917 bits per heavy atom. The van der Waals surface area contributed by atoms with Crippen LogP contribution in [0.15, 0.2) is 54.6 Å². The lowest BCUT2D eigenvalue weighted by atomic mass is 10.1. The van der Waals surface area contributed by atoms with E-state index in [1.54, 1.807) is 0 Å². The molecule has 0 bridgehead atoms. The van der Waals surface area contributed by atoms with Crippen LogP contribution in [0.25, 0.3) is 0 Å². The number of rotatable bonds is 11. The summed E-state index contributed by atoms with van der Waals surface area (Å²) in [6.45, 7) is 2.20. The van der Waals surface area contributed by atoms with Gasteiger partial charge in [0.2, 0.25) is 0 Å². The average molecular weight is 329 g/mol. The molecule has 0 atom stereocenters. The van der Waals surface area contributed by atoms with Gasteiger partial charge < -0.3 is 19.9 Å². The Balaban J connectivity index is 1.65. The third-order valence-corrected chi connectivity index (χ3v) is 3.37. The van der Waals surface area contributed by atoms with Gasteiger partial charge in [-0.2, -0.15) is 0 Å². The second-order valence-electron chi connectivity index (χ2n) is 5.30. The van der Waals surface area contributed by atoms with Crippen LogP contribution in [0, 0.1) is 0 Å². The van der Waals surface area contributed by atoms with E-state index in [1.807, 2.05) is 54.6 Å². The van der Waals surface area contributed by atoms with Crippen LogP contribution >= 0.6 is 0 Å². The quantitative estimate of drug-likeness (QED) is 0.621. The average Bonchev–Trinajstić information content (AvgIpc) is 2.59. The lowest BCUT2D eigenvalue weighted by Gasteiger charge is -2.10. The molecule has 0 amide bonds. The highest BCUT2D eigenvalue weighted by Gasteiger charge is 1.99. The van der Waals surface area contributed by atoms with E-state index >= 15 is 0 Å². The standard InChI is InChI=1S/C19H23NO4/c21-19(22)10-12-20-11-9-16-5-4-8-18(15-16)24-14-13-23-17-6-2-1-3-7-17/h1-8,15,20H,9-14H2,(H,21,22). The maximum absolute atomic E-state index is 10.4. The van der Waals surface area contributed by atoms with Gasteiger partial charge in [0.05, 0.1) is 6.42 Å². The van der Waals surface area contributed by atoms with E-state index in [1.165, 1.54) is 0 Å². The number of para-hydroxylation sites is 1. The molecule has 0 radical (unpaired) electrons. The number of carboxylic acid groups (broad SMARTS) is 1. The van der Waals surface area contributed by atoms with Gasteiger partial charge in [-0.3, -0.25) is 4.79 Å². The van der Waals surface area contributed by atoms with Crippen molar-refractivity contribution in [3.05, 3.63) is 60.2 Å². The van der Waals surface area contributed by atoms with Crippen LogP contribution < -0.4 is 14.8 Å². The predicted octanol–water partition coefficient (Wildman–Crippen LogP) is 2.75. The first-order valence-corrected chi connectivity index (χ1v) is 8.06. The Labute approximate surface area is 142 Å². The molecule has 2 rings (SSSR count). The van der Waals surface area contributed by atoms with Crippen LogP contribution in [0.3, 0.4) is 0 Å². The van der Waals surface area contributed by atoms with E-state index in [2.05, 4.69) is 5.32 Å². The molecule has 0 saturated heterocycles. The van der Waals surface area contributed by atoms with Gasteiger partial charge in [-0.1, -0.05) is 30.3 Å². The summed E-state index contributed by atoms with van der Waals surface area (Å²) >= 11 is 0. The molecule has 0 unspecified atom stereocenters. The molecule has 0 aromatic heterocycles. The van der Waals surface area contributed by atoms with E-state index in [9.17, 15) is 4.79 Å². The first-order chi connectivity index (χ1) is 11.7. The van der Waals surface area contributed by atoms with Crippen molar-refractivity contribution in [1.29, 1.82) is 0 Å². The summed E-state index contributed by atoms with van der Waals surface area (Å²) in [7, 11) is 0. The molecule has 0 aliphatic carbocycles.